The first-order chi connectivity index (χ1) is 16.9. The van der Waals surface area contributed by atoms with Crippen molar-refractivity contribution in [3.05, 3.63) is 124 Å². The molecular formula is C32H39FO2. The van der Waals surface area contributed by atoms with Gasteiger partial charge in [-0.15, -0.1) is 0 Å². The Morgan fingerprint density at radius 3 is 1.86 bits per heavy atom. The van der Waals surface area contributed by atoms with Gasteiger partial charge in [0.05, 0.1) is 0 Å². The largest absolute Gasteiger partial charge is 0.307 e. The molecule has 0 aromatic heterocycles. The predicted octanol–water partition coefficient (Wildman–Crippen LogP) is 8.52. The molecule has 3 aromatic carbocycles. The average Bonchev–Trinajstić information content (AvgIpc) is 2.88. The Labute approximate surface area is 211 Å². The van der Waals surface area contributed by atoms with Crippen LogP contribution < -0.4 is 0 Å². The van der Waals surface area contributed by atoms with E-state index < -0.39 is 0 Å². The Morgan fingerprint density at radius 2 is 1.34 bits per heavy atom. The Kier molecular flexibility index (Phi) is 16.9. The molecular weight excluding hydrogens is 435 g/mol. The molecule has 0 heterocycles. The number of allylic oxidation sites excluding steroid dienone is 4. The van der Waals surface area contributed by atoms with Crippen LogP contribution in [0.3, 0.4) is 0 Å². The second-order valence-corrected chi connectivity index (χ2v) is 8.12. The topological polar surface area (TPSA) is 34.1 Å². The van der Waals surface area contributed by atoms with Crippen LogP contribution in [0.1, 0.15) is 55.9 Å². The monoisotopic (exact) mass is 474 g/mol. The van der Waals surface area contributed by atoms with Crippen LogP contribution in [0.15, 0.2) is 96.1 Å². The Bertz CT molecular complexity index is 1050. The van der Waals surface area contributed by atoms with Crippen molar-refractivity contribution in [1.82, 2.24) is 0 Å². The molecule has 186 valence electrons. The summed E-state index contributed by atoms with van der Waals surface area (Å²) in [5.41, 5.74) is 8.30. The van der Waals surface area contributed by atoms with E-state index in [-0.39, 0.29) is 5.82 Å². The van der Waals surface area contributed by atoms with Crippen molar-refractivity contribution in [2.75, 3.05) is 0 Å². The van der Waals surface area contributed by atoms with Crippen LogP contribution in [0, 0.1) is 19.7 Å². The zero-order valence-electron chi connectivity index (χ0n) is 21.8. The Morgan fingerprint density at radius 1 is 0.800 bits per heavy atom. The summed E-state index contributed by atoms with van der Waals surface area (Å²) in [6, 6.07) is 25.7. The lowest BCUT2D eigenvalue weighted by atomic mass is 9.93. The van der Waals surface area contributed by atoms with Crippen molar-refractivity contribution in [2.45, 2.75) is 53.9 Å². The van der Waals surface area contributed by atoms with Gasteiger partial charge in [0.1, 0.15) is 19.4 Å². The van der Waals surface area contributed by atoms with E-state index in [2.05, 4.69) is 70.2 Å². The molecule has 3 aromatic rings. The zero-order chi connectivity index (χ0) is 26.6. The van der Waals surface area contributed by atoms with Crippen molar-refractivity contribution in [3.8, 4) is 0 Å². The maximum atomic E-state index is 14.1. The molecule has 0 N–H and O–H groups in total. The molecule has 0 bridgehead atoms. The van der Waals surface area contributed by atoms with E-state index in [0.29, 0.717) is 5.56 Å². The first kappa shape index (κ1) is 31.4. The van der Waals surface area contributed by atoms with Gasteiger partial charge in [0.15, 0.2) is 0 Å². The molecule has 3 rings (SSSR count). The van der Waals surface area contributed by atoms with Gasteiger partial charge < -0.3 is 9.59 Å². The zero-order valence-corrected chi connectivity index (χ0v) is 21.8. The van der Waals surface area contributed by atoms with E-state index in [9.17, 15) is 4.39 Å². The summed E-state index contributed by atoms with van der Waals surface area (Å²) in [7, 11) is 0. The van der Waals surface area contributed by atoms with Crippen LogP contribution in [0.2, 0.25) is 0 Å². The number of carbonyl (C=O) groups is 2. The van der Waals surface area contributed by atoms with Crippen molar-refractivity contribution >= 4 is 19.2 Å². The minimum absolute atomic E-state index is 0.158. The molecule has 0 atom stereocenters. The van der Waals surface area contributed by atoms with Gasteiger partial charge in [-0.1, -0.05) is 103 Å². The highest BCUT2D eigenvalue weighted by atomic mass is 19.1. The molecule has 0 aliphatic rings. The second kappa shape index (κ2) is 18.8. The minimum atomic E-state index is -0.158. The maximum absolute atomic E-state index is 14.1. The third-order valence-corrected chi connectivity index (χ3v) is 5.45. The van der Waals surface area contributed by atoms with Gasteiger partial charge in [0.2, 0.25) is 0 Å². The highest BCUT2D eigenvalue weighted by Crippen LogP contribution is 2.25. The third kappa shape index (κ3) is 11.9. The van der Waals surface area contributed by atoms with Crippen molar-refractivity contribution < 1.29 is 14.0 Å². The van der Waals surface area contributed by atoms with Crippen LogP contribution >= 0.6 is 0 Å². The van der Waals surface area contributed by atoms with Gasteiger partial charge >= 0.3 is 0 Å². The van der Waals surface area contributed by atoms with Crippen molar-refractivity contribution in [1.29, 1.82) is 0 Å². The highest BCUT2D eigenvalue weighted by molar-refractivity contribution is 5.67. The second-order valence-electron chi connectivity index (χ2n) is 8.12. The minimum Gasteiger partial charge on any atom is -0.307 e. The number of halogens is 1. The van der Waals surface area contributed by atoms with E-state index in [0.717, 1.165) is 24.8 Å². The molecule has 0 amide bonds. The van der Waals surface area contributed by atoms with Crippen LogP contribution in [0.4, 0.5) is 4.39 Å². The van der Waals surface area contributed by atoms with Crippen molar-refractivity contribution in [2.24, 2.45) is 0 Å². The molecule has 0 aliphatic carbocycles. The lowest BCUT2D eigenvalue weighted by Crippen LogP contribution is -1.97. The van der Waals surface area contributed by atoms with Crippen LogP contribution in [-0.2, 0) is 16.0 Å². The quantitative estimate of drug-likeness (QED) is 0.336. The van der Waals surface area contributed by atoms with Crippen LogP contribution in [0.5, 0.6) is 0 Å². The Hall–Kier alpha value is -3.59. The number of aryl methyl sites for hydroxylation is 2. The van der Waals surface area contributed by atoms with Gasteiger partial charge in [-0.05, 0) is 68.9 Å². The van der Waals surface area contributed by atoms with Gasteiger partial charge in [0, 0.05) is 5.56 Å². The number of carbonyl (C=O) groups excluding carboxylic acids is 2. The Balaban J connectivity index is 0.000000878. The summed E-state index contributed by atoms with van der Waals surface area (Å²) in [4.78, 5) is 16.0. The van der Waals surface area contributed by atoms with Gasteiger partial charge in [-0.25, -0.2) is 4.39 Å². The molecule has 35 heavy (non-hydrogen) atoms. The van der Waals surface area contributed by atoms with E-state index in [1.54, 1.807) is 6.07 Å². The summed E-state index contributed by atoms with van der Waals surface area (Å²) < 4.78 is 14.1. The fourth-order valence-corrected chi connectivity index (χ4v) is 3.53. The number of hydrogen-bond donors (Lipinski definition) is 0. The summed E-state index contributed by atoms with van der Waals surface area (Å²) in [6.07, 6.45) is 5.25. The smallest absolute Gasteiger partial charge is 0.130 e. The molecule has 0 radical (unpaired) electrons. The van der Waals surface area contributed by atoms with Gasteiger partial charge in [-0.3, -0.25) is 0 Å². The normalized spacial score (nSPS) is 10.9. The SMILES string of the molecule is C=O.C=O.CCC/C(C)=C(\C=C(/C)c1ccccc1F)Cc1ccccc1C.Cc1ccccc1. The summed E-state index contributed by atoms with van der Waals surface area (Å²) >= 11 is 0. The number of benzene rings is 3. The molecule has 0 saturated carbocycles. The van der Waals surface area contributed by atoms with E-state index in [4.69, 9.17) is 9.59 Å². The summed E-state index contributed by atoms with van der Waals surface area (Å²) in [5.74, 6) is -0.158. The lowest BCUT2D eigenvalue weighted by Gasteiger charge is -2.13. The van der Waals surface area contributed by atoms with Gasteiger partial charge in [-0.2, -0.15) is 0 Å². The standard InChI is InChI=1S/C23H27F.C7H8.2CH2O/c1-5-10-17(2)21(16-20-12-7-6-11-18(20)3)15-19(4)22-13-8-9-14-23(22)24;1-7-5-3-2-4-6-7;2*1-2/h6-9,11-15H,5,10,16H2,1-4H3;2-6H,1H3;2*1H2/b19-15+,21-17+;;;. The van der Waals surface area contributed by atoms with Gasteiger partial charge in [0.25, 0.3) is 0 Å². The molecule has 0 spiro atoms. The first-order valence-corrected chi connectivity index (χ1v) is 11.7. The fourth-order valence-electron chi connectivity index (χ4n) is 3.53. The molecule has 3 heteroatoms. The third-order valence-electron chi connectivity index (χ3n) is 5.45. The van der Waals surface area contributed by atoms with E-state index in [1.807, 2.05) is 50.8 Å². The first-order valence-electron chi connectivity index (χ1n) is 11.7. The molecule has 0 saturated heterocycles. The highest BCUT2D eigenvalue weighted by Gasteiger charge is 2.08. The summed E-state index contributed by atoms with van der Waals surface area (Å²) in [5, 5.41) is 0. The maximum Gasteiger partial charge on any atom is 0.130 e. The molecule has 2 nitrogen and oxygen atoms in total. The van der Waals surface area contributed by atoms with E-state index in [1.165, 1.54) is 33.9 Å². The number of rotatable bonds is 6. The summed E-state index contributed by atoms with van der Waals surface area (Å²) in [6.45, 7) is 14.6. The molecule has 0 unspecified atom stereocenters. The fraction of sp³-hybridized carbons (Fsp3) is 0.250. The lowest BCUT2D eigenvalue weighted by molar-refractivity contribution is -0.0987. The van der Waals surface area contributed by atoms with E-state index >= 15 is 0 Å². The number of hydrogen-bond acceptors (Lipinski definition) is 2. The predicted molar refractivity (Wildman–Crippen MR) is 148 cm³/mol. The van der Waals surface area contributed by atoms with Crippen molar-refractivity contribution in [3.63, 3.8) is 0 Å². The molecule has 0 aliphatic heterocycles. The van der Waals surface area contributed by atoms with Crippen LogP contribution in [0.25, 0.3) is 5.57 Å². The molecule has 0 fully saturated rings. The average molecular weight is 475 g/mol. The van der Waals surface area contributed by atoms with Crippen LogP contribution in [-0.4, -0.2) is 13.6 Å².